The predicted molar refractivity (Wildman–Crippen MR) is 103 cm³/mol. The summed E-state index contributed by atoms with van der Waals surface area (Å²) in [4.78, 5) is 12.4. The third kappa shape index (κ3) is 3.73. The first-order valence-corrected chi connectivity index (χ1v) is 11.0. The van der Waals surface area contributed by atoms with Gasteiger partial charge in [0.15, 0.2) is 0 Å². The van der Waals surface area contributed by atoms with Crippen LogP contribution in [0.5, 0.6) is 0 Å². The van der Waals surface area contributed by atoms with Crippen LogP contribution in [0.25, 0.3) is 0 Å². The van der Waals surface area contributed by atoms with E-state index in [2.05, 4.69) is 22.9 Å². The summed E-state index contributed by atoms with van der Waals surface area (Å²) in [5, 5.41) is -0.0636. The van der Waals surface area contributed by atoms with E-state index in [0.717, 1.165) is 32.1 Å². The highest BCUT2D eigenvalue weighted by Crippen LogP contribution is 2.41. The molecule has 26 heavy (non-hydrogen) atoms. The summed E-state index contributed by atoms with van der Waals surface area (Å²) in [6.07, 6.45) is 11.1. The number of rotatable bonds is 4. The van der Waals surface area contributed by atoms with Crippen LogP contribution in [0, 0.1) is 11.8 Å². The van der Waals surface area contributed by atoms with E-state index in [4.69, 9.17) is 4.74 Å². The third-order valence-corrected chi connectivity index (χ3v) is 7.58. The summed E-state index contributed by atoms with van der Waals surface area (Å²) >= 11 is 0. The van der Waals surface area contributed by atoms with Crippen LogP contribution in [0.3, 0.4) is 0 Å². The number of benzene rings is 1. The van der Waals surface area contributed by atoms with Gasteiger partial charge in [-0.05, 0) is 49.5 Å². The largest absolute Gasteiger partial charge is 0.445 e. The maximum Gasteiger partial charge on any atom is 0.419 e. The molecule has 0 aromatic heterocycles. The van der Waals surface area contributed by atoms with Crippen LogP contribution in [0.2, 0.25) is 0 Å². The van der Waals surface area contributed by atoms with Crippen LogP contribution in [0.4, 0.5) is 4.79 Å². The topological polar surface area (TPSA) is 55.4 Å². The number of hydrogen-bond donors (Lipinski definition) is 1. The highest BCUT2D eigenvalue weighted by Gasteiger charge is 2.39. The fourth-order valence-corrected chi connectivity index (χ4v) is 6.16. The van der Waals surface area contributed by atoms with Crippen molar-refractivity contribution >= 4 is 17.1 Å². The molecule has 0 aliphatic heterocycles. The molecule has 0 bridgehead atoms. The molecule has 0 saturated heterocycles. The quantitative estimate of drug-likeness (QED) is 0.793. The van der Waals surface area contributed by atoms with Crippen molar-refractivity contribution < 1.29 is 13.7 Å². The molecule has 3 aliphatic carbocycles. The second-order valence-electron chi connectivity index (χ2n) is 7.75. The maximum atomic E-state index is 12.6. The molecule has 2 saturated carbocycles. The summed E-state index contributed by atoms with van der Waals surface area (Å²) in [7, 11) is -1.41. The normalized spacial score (nSPS) is 34.2. The fraction of sp³-hybridized carbons (Fsp3) is 0.571. The van der Waals surface area contributed by atoms with Gasteiger partial charge in [-0.2, -0.15) is 0 Å². The number of allylic oxidation sites excluding steroid dienone is 1. The zero-order valence-electron chi connectivity index (χ0n) is 15.0. The Labute approximate surface area is 158 Å². The molecule has 1 N–H and O–H groups in total. The van der Waals surface area contributed by atoms with Gasteiger partial charge in [0.25, 0.3) is 0 Å². The molecule has 4 nitrogen and oxygen atoms in total. The van der Waals surface area contributed by atoms with E-state index in [1.165, 1.54) is 18.4 Å². The second-order valence-corrected chi connectivity index (χ2v) is 9.10. The van der Waals surface area contributed by atoms with E-state index in [-0.39, 0.29) is 17.3 Å². The molecular weight excluding hydrogens is 346 g/mol. The fourth-order valence-electron chi connectivity index (χ4n) is 4.92. The van der Waals surface area contributed by atoms with Gasteiger partial charge in [0, 0.05) is 5.92 Å². The Bertz CT molecular complexity index is 690. The Morgan fingerprint density at radius 2 is 1.81 bits per heavy atom. The average Bonchev–Trinajstić information content (AvgIpc) is 3.26. The monoisotopic (exact) mass is 373 g/mol. The lowest BCUT2D eigenvalue weighted by atomic mass is 9.81. The molecule has 1 aromatic rings. The Hall–Kier alpha value is -1.62. The van der Waals surface area contributed by atoms with Crippen molar-refractivity contribution in [2.45, 2.75) is 62.2 Å². The molecule has 1 amide bonds. The number of carbonyl (C=O) groups excluding carboxylic acids is 1. The van der Waals surface area contributed by atoms with Crippen molar-refractivity contribution in [1.82, 2.24) is 4.72 Å². The van der Waals surface area contributed by atoms with E-state index in [1.807, 2.05) is 24.3 Å². The van der Waals surface area contributed by atoms with Crippen LogP contribution < -0.4 is 4.72 Å². The Morgan fingerprint density at radius 3 is 2.65 bits per heavy atom. The highest BCUT2D eigenvalue weighted by molar-refractivity contribution is 7.84. The van der Waals surface area contributed by atoms with Crippen molar-refractivity contribution in [1.29, 1.82) is 0 Å². The Balaban J connectivity index is 1.36. The van der Waals surface area contributed by atoms with Crippen LogP contribution in [-0.2, 0) is 15.7 Å². The Kier molecular flexibility index (Phi) is 5.44. The molecule has 0 spiro atoms. The first kappa shape index (κ1) is 17.8. The predicted octanol–water partition coefficient (Wildman–Crippen LogP) is 4.46. The van der Waals surface area contributed by atoms with E-state index < -0.39 is 17.1 Å². The summed E-state index contributed by atoms with van der Waals surface area (Å²) in [6, 6.07) is 10.3. The smallest absolute Gasteiger partial charge is 0.419 e. The summed E-state index contributed by atoms with van der Waals surface area (Å²) in [6.45, 7) is 0. The van der Waals surface area contributed by atoms with Gasteiger partial charge in [-0.15, -0.1) is 0 Å². The Morgan fingerprint density at radius 1 is 1.00 bits per heavy atom. The SMILES string of the molecule is O=C(N[S@@](=O)[C@@H]1C=C[C@H]2CCC[C@H]12)O[C@H]1CCCC[C@@H]1c1ccccc1. The van der Waals surface area contributed by atoms with E-state index in [0.29, 0.717) is 11.8 Å². The maximum absolute atomic E-state index is 12.6. The van der Waals surface area contributed by atoms with E-state index in [1.54, 1.807) is 0 Å². The number of hydrogen-bond acceptors (Lipinski definition) is 3. The van der Waals surface area contributed by atoms with Crippen LogP contribution >= 0.6 is 0 Å². The van der Waals surface area contributed by atoms with Crippen molar-refractivity contribution in [3.8, 4) is 0 Å². The number of amides is 1. The average molecular weight is 374 g/mol. The van der Waals surface area contributed by atoms with Crippen molar-refractivity contribution in [2.24, 2.45) is 11.8 Å². The number of ether oxygens (including phenoxy) is 1. The van der Waals surface area contributed by atoms with Gasteiger partial charge >= 0.3 is 6.09 Å². The minimum Gasteiger partial charge on any atom is -0.445 e. The molecule has 2 fully saturated rings. The standard InChI is InChI=1S/C21H27NO3S/c23-21(22-26(24)20-14-13-16-9-6-11-18(16)20)25-19-12-5-4-10-17(19)15-7-2-1-3-8-15/h1-3,7-8,13-14,16-20H,4-6,9-12H2,(H,22,23)/t16-,17-,18+,19+,20-,26+/m1/s1. The lowest BCUT2D eigenvalue weighted by Gasteiger charge is -2.31. The van der Waals surface area contributed by atoms with Crippen molar-refractivity contribution in [2.75, 3.05) is 0 Å². The number of nitrogens with one attached hydrogen (secondary N) is 1. The summed E-state index contributed by atoms with van der Waals surface area (Å²) < 4.78 is 21.0. The van der Waals surface area contributed by atoms with Gasteiger partial charge in [0.2, 0.25) is 0 Å². The lowest BCUT2D eigenvalue weighted by molar-refractivity contribution is 0.0652. The molecule has 0 unspecified atom stereocenters. The van der Waals surface area contributed by atoms with Crippen LogP contribution in [0.15, 0.2) is 42.5 Å². The molecule has 6 atom stereocenters. The molecule has 4 rings (SSSR count). The molecule has 140 valence electrons. The molecular formula is C21H27NO3S. The molecule has 3 aliphatic rings. The van der Waals surface area contributed by atoms with Crippen molar-refractivity contribution in [3.63, 3.8) is 0 Å². The van der Waals surface area contributed by atoms with E-state index in [9.17, 15) is 9.00 Å². The zero-order valence-corrected chi connectivity index (χ0v) is 15.8. The highest BCUT2D eigenvalue weighted by atomic mass is 32.2. The van der Waals surface area contributed by atoms with Crippen molar-refractivity contribution in [3.05, 3.63) is 48.0 Å². The third-order valence-electron chi connectivity index (χ3n) is 6.21. The van der Waals surface area contributed by atoms with Gasteiger partial charge in [0.1, 0.15) is 17.1 Å². The second kappa shape index (κ2) is 7.95. The number of fused-ring (bicyclic) bond motifs is 1. The molecule has 5 heteroatoms. The van der Waals surface area contributed by atoms with Crippen LogP contribution in [0.1, 0.15) is 56.4 Å². The van der Waals surface area contributed by atoms with Gasteiger partial charge < -0.3 is 4.74 Å². The van der Waals surface area contributed by atoms with Gasteiger partial charge in [-0.1, -0.05) is 55.3 Å². The minimum absolute atomic E-state index is 0.0636. The van der Waals surface area contributed by atoms with Gasteiger partial charge in [-0.25, -0.2) is 13.7 Å². The first-order valence-electron chi connectivity index (χ1n) is 9.83. The van der Waals surface area contributed by atoms with Gasteiger partial charge in [-0.3, -0.25) is 0 Å². The summed E-state index contributed by atoms with van der Waals surface area (Å²) in [5.41, 5.74) is 1.22. The van der Waals surface area contributed by atoms with E-state index >= 15 is 0 Å². The summed E-state index contributed by atoms with van der Waals surface area (Å²) in [5.74, 6) is 1.19. The number of carbonyl (C=O) groups is 1. The zero-order chi connectivity index (χ0) is 17.9. The van der Waals surface area contributed by atoms with Crippen LogP contribution in [-0.4, -0.2) is 21.7 Å². The molecule has 1 aromatic carbocycles. The molecule has 0 radical (unpaired) electrons. The van der Waals surface area contributed by atoms with Gasteiger partial charge in [0.05, 0.1) is 5.25 Å². The minimum atomic E-state index is -1.41. The molecule has 0 heterocycles. The first-order chi connectivity index (χ1) is 12.7. The lowest BCUT2D eigenvalue weighted by Crippen LogP contribution is -2.39.